The highest BCUT2D eigenvalue weighted by Gasteiger charge is 2.03. The van der Waals surface area contributed by atoms with E-state index in [9.17, 15) is 0 Å². The van der Waals surface area contributed by atoms with E-state index in [1.807, 2.05) is 31.2 Å². The molecule has 19 heavy (non-hydrogen) atoms. The van der Waals surface area contributed by atoms with Crippen LogP contribution in [0.2, 0.25) is 0 Å². The van der Waals surface area contributed by atoms with Gasteiger partial charge in [-0.15, -0.1) is 0 Å². The van der Waals surface area contributed by atoms with Crippen molar-refractivity contribution in [3.63, 3.8) is 0 Å². The molecular formula is C14H21N3OS. The summed E-state index contributed by atoms with van der Waals surface area (Å²) >= 11 is 5.23. The van der Waals surface area contributed by atoms with Crippen LogP contribution in [0.1, 0.15) is 20.8 Å². The van der Waals surface area contributed by atoms with E-state index < -0.39 is 0 Å². The number of hydrogen-bond acceptors (Lipinski definition) is 2. The Labute approximate surface area is 120 Å². The highest BCUT2D eigenvalue weighted by Crippen LogP contribution is 2.15. The van der Waals surface area contributed by atoms with Gasteiger partial charge in [-0.05, 0) is 57.3 Å². The first-order valence-corrected chi connectivity index (χ1v) is 6.76. The second kappa shape index (κ2) is 7.74. The van der Waals surface area contributed by atoms with Crippen LogP contribution < -0.4 is 10.1 Å². The molecule has 0 aromatic heterocycles. The fourth-order valence-corrected chi connectivity index (χ4v) is 1.97. The van der Waals surface area contributed by atoms with Gasteiger partial charge in [0.15, 0.2) is 5.11 Å². The summed E-state index contributed by atoms with van der Waals surface area (Å²) in [6.07, 6.45) is 0. The van der Waals surface area contributed by atoms with Crippen LogP contribution in [-0.4, -0.2) is 36.0 Å². The van der Waals surface area contributed by atoms with Crippen molar-refractivity contribution >= 4 is 28.9 Å². The summed E-state index contributed by atoms with van der Waals surface area (Å²) in [7, 11) is 1.64. The van der Waals surface area contributed by atoms with E-state index in [1.54, 1.807) is 7.11 Å². The zero-order valence-corrected chi connectivity index (χ0v) is 12.8. The number of hydrogen-bond donors (Lipinski definition) is 1. The summed E-state index contributed by atoms with van der Waals surface area (Å²) in [6.45, 7) is 8.02. The van der Waals surface area contributed by atoms with E-state index in [0.717, 1.165) is 30.4 Å². The Balaban J connectivity index is 2.65. The molecule has 1 N–H and O–H groups in total. The third-order valence-corrected chi connectivity index (χ3v) is 3.02. The summed E-state index contributed by atoms with van der Waals surface area (Å²) in [5.41, 5.74) is 0.905. The van der Waals surface area contributed by atoms with E-state index in [4.69, 9.17) is 17.0 Å². The van der Waals surface area contributed by atoms with Crippen LogP contribution >= 0.6 is 12.2 Å². The molecule has 0 unspecified atom stereocenters. The van der Waals surface area contributed by atoms with Crippen LogP contribution in [0.4, 0.5) is 5.69 Å². The lowest BCUT2D eigenvalue weighted by atomic mass is 10.3. The van der Waals surface area contributed by atoms with Crippen LogP contribution in [0.15, 0.2) is 29.3 Å². The maximum Gasteiger partial charge on any atom is 0.198 e. The van der Waals surface area contributed by atoms with Crippen molar-refractivity contribution in [2.24, 2.45) is 4.99 Å². The predicted molar refractivity (Wildman–Crippen MR) is 85.2 cm³/mol. The third kappa shape index (κ3) is 4.87. The quantitative estimate of drug-likeness (QED) is 0.522. The second-order valence-electron chi connectivity index (χ2n) is 3.99. The summed E-state index contributed by atoms with van der Waals surface area (Å²) < 4.78 is 5.10. The minimum absolute atomic E-state index is 0.467. The minimum Gasteiger partial charge on any atom is -0.497 e. The number of nitrogens with zero attached hydrogens (tertiary/aromatic N) is 2. The number of amidine groups is 1. The van der Waals surface area contributed by atoms with Crippen molar-refractivity contribution in [1.82, 2.24) is 4.90 Å². The molecule has 0 atom stereocenters. The molecular weight excluding hydrogens is 258 g/mol. The summed E-state index contributed by atoms with van der Waals surface area (Å²) in [6, 6.07) is 7.58. The van der Waals surface area contributed by atoms with Gasteiger partial charge in [0.05, 0.1) is 7.11 Å². The smallest absolute Gasteiger partial charge is 0.198 e. The first-order chi connectivity index (χ1) is 9.10. The van der Waals surface area contributed by atoms with Gasteiger partial charge in [0.2, 0.25) is 0 Å². The SMILES string of the molecule is CCN(CC)C(C)=NC(=S)Nc1ccc(OC)cc1. The van der Waals surface area contributed by atoms with Crippen LogP contribution in [-0.2, 0) is 0 Å². The Hall–Kier alpha value is -1.62. The number of ether oxygens (including phenoxy) is 1. The van der Waals surface area contributed by atoms with E-state index in [1.165, 1.54) is 0 Å². The first-order valence-electron chi connectivity index (χ1n) is 6.36. The number of anilines is 1. The molecule has 0 aliphatic rings. The largest absolute Gasteiger partial charge is 0.497 e. The van der Waals surface area contributed by atoms with Crippen molar-refractivity contribution in [2.45, 2.75) is 20.8 Å². The van der Waals surface area contributed by atoms with Gasteiger partial charge in [-0.3, -0.25) is 0 Å². The molecule has 0 radical (unpaired) electrons. The average molecular weight is 279 g/mol. The van der Waals surface area contributed by atoms with Crippen LogP contribution in [0, 0.1) is 0 Å². The normalized spacial score (nSPS) is 11.1. The molecule has 0 bridgehead atoms. The monoisotopic (exact) mass is 279 g/mol. The van der Waals surface area contributed by atoms with Gasteiger partial charge < -0.3 is 15.0 Å². The third-order valence-electron chi connectivity index (χ3n) is 2.83. The molecule has 1 rings (SSSR count). The van der Waals surface area contributed by atoms with Gasteiger partial charge in [-0.1, -0.05) is 0 Å². The van der Waals surface area contributed by atoms with Crippen molar-refractivity contribution in [2.75, 3.05) is 25.5 Å². The highest BCUT2D eigenvalue weighted by molar-refractivity contribution is 7.80. The number of aliphatic imine (C=N–C) groups is 1. The molecule has 0 spiro atoms. The van der Waals surface area contributed by atoms with E-state index in [-0.39, 0.29) is 0 Å². The second-order valence-corrected chi connectivity index (χ2v) is 4.38. The lowest BCUT2D eigenvalue weighted by Gasteiger charge is -2.20. The number of benzene rings is 1. The molecule has 1 aromatic rings. The molecule has 104 valence electrons. The van der Waals surface area contributed by atoms with Gasteiger partial charge in [-0.2, -0.15) is 0 Å². The number of thiocarbonyl (C=S) groups is 1. The van der Waals surface area contributed by atoms with Gasteiger partial charge >= 0.3 is 0 Å². The standard InChI is InChI=1S/C14H21N3OS/c1-5-17(6-2)11(3)15-14(19)16-12-7-9-13(18-4)10-8-12/h7-10H,5-6H2,1-4H3,(H,16,19). The zero-order valence-electron chi connectivity index (χ0n) is 11.9. The predicted octanol–water partition coefficient (Wildman–Crippen LogP) is 3.15. The van der Waals surface area contributed by atoms with Crippen molar-refractivity contribution < 1.29 is 4.74 Å². The molecule has 5 heteroatoms. The summed E-state index contributed by atoms with van der Waals surface area (Å²) in [5.74, 6) is 1.75. The Morgan fingerprint density at radius 3 is 2.32 bits per heavy atom. The first kappa shape index (κ1) is 15.4. The lowest BCUT2D eigenvalue weighted by Crippen LogP contribution is -2.29. The van der Waals surface area contributed by atoms with Gasteiger partial charge in [-0.25, -0.2) is 4.99 Å². The van der Waals surface area contributed by atoms with Gasteiger partial charge in [0, 0.05) is 18.8 Å². The van der Waals surface area contributed by atoms with Crippen LogP contribution in [0.5, 0.6) is 5.75 Å². The molecule has 1 aromatic carbocycles. The lowest BCUT2D eigenvalue weighted by molar-refractivity contribution is 0.415. The van der Waals surface area contributed by atoms with Crippen LogP contribution in [0.25, 0.3) is 0 Å². The molecule has 0 saturated heterocycles. The molecule has 4 nitrogen and oxygen atoms in total. The fraction of sp³-hybridized carbons (Fsp3) is 0.429. The molecule has 0 amide bonds. The Morgan fingerprint density at radius 2 is 1.84 bits per heavy atom. The Kier molecular flexibility index (Phi) is 6.29. The maximum absolute atomic E-state index is 5.23. The molecule has 0 aliphatic carbocycles. The number of methoxy groups -OCH3 is 1. The van der Waals surface area contributed by atoms with Gasteiger partial charge in [0.1, 0.15) is 11.6 Å². The summed E-state index contributed by atoms with van der Waals surface area (Å²) in [4.78, 5) is 6.54. The van der Waals surface area contributed by atoms with Crippen molar-refractivity contribution in [3.05, 3.63) is 24.3 Å². The molecule has 0 saturated carbocycles. The maximum atomic E-state index is 5.23. The zero-order chi connectivity index (χ0) is 14.3. The number of rotatable bonds is 4. The Bertz CT molecular complexity index is 439. The Morgan fingerprint density at radius 1 is 1.26 bits per heavy atom. The van der Waals surface area contributed by atoms with E-state index in [0.29, 0.717) is 5.11 Å². The summed E-state index contributed by atoms with van der Waals surface area (Å²) in [5, 5.41) is 3.56. The van der Waals surface area contributed by atoms with Crippen molar-refractivity contribution in [1.29, 1.82) is 0 Å². The van der Waals surface area contributed by atoms with E-state index in [2.05, 4.69) is 29.1 Å². The topological polar surface area (TPSA) is 36.9 Å². The van der Waals surface area contributed by atoms with Crippen LogP contribution in [0.3, 0.4) is 0 Å². The van der Waals surface area contributed by atoms with Crippen molar-refractivity contribution in [3.8, 4) is 5.75 Å². The molecule has 0 fully saturated rings. The number of nitrogens with one attached hydrogen (secondary N) is 1. The van der Waals surface area contributed by atoms with Gasteiger partial charge in [0.25, 0.3) is 0 Å². The highest BCUT2D eigenvalue weighted by atomic mass is 32.1. The molecule has 0 heterocycles. The fourth-order valence-electron chi connectivity index (χ4n) is 1.72. The molecule has 0 aliphatic heterocycles. The minimum atomic E-state index is 0.467. The van der Waals surface area contributed by atoms with E-state index >= 15 is 0 Å². The average Bonchev–Trinajstić information content (AvgIpc) is 2.40.